The van der Waals surface area contributed by atoms with E-state index in [1.165, 1.54) is 80.9 Å². The van der Waals surface area contributed by atoms with E-state index in [1.807, 2.05) is 6.08 Å². The van der Waals surface area contributed by atoms with E-state index in [9.17, 15) is 0 Å². The molecule has 1 aromatic carbocycles. The van der Waals surface area contributed by atoms with Gasteiger partial charge in [0.1, 0.15) is 0 Å². The molecule has 0 aliphatic carbocycles. The van der Waals surface area contributed by atoms with Crippen molar-refractivity contribution < 1.29 is 0 Å². The first kappa shape index (κ1) is 19.8. The molecule has 0 atom stereocenters. The summed E-state index contributed by atoms with van der Waals surface area (Å²) in [5.41, 5.74) is 12.4. The van der Waals surface area contributed by atoms with Gasteiger partial charge in [0.25, 0.3) is 0 Å². The number of hydrogen-bond acceptors (Lipinski definition) is 1. The first-order chi connectivity index (χ1) is 11.1. The lowest BCUT2D eigenvalue weighted by molar-refractivity contribution is 0.556. The molecule has 0 amide bonds. The third-order valence-corrected chi connectivity index (χ3v) is 5.05. The number of nitrogens with two attached hydrogens (primary N) is 1. The molecule has 0 radical (unpaired) electrons. The van der Waals surface area contributed by atoms with E-state index in [1.54, 1.807) is 0 Å². The quantitative estimate of drug-likeness (QED) is 0.326. The van der Waals surface area contributed by atoms with E-state index in [0.29, 0.717) is 0 Å². The third kappa shape index (κ3) is 6.81. The van der Waals surface area contributed by atoms with Gasteiger partial charge in [-0.3, -0.25) is 0 Å². The van der Waals surface area contributed by atoms with E-state index >= 15 is 0 Å². The monoisotopic (exact) mass is 315 g/mol. The Morgan fingerprint density at radius 1 is 0.913 bits per heavy atom. The molecule has 0 aromatic heterocycles. The van der Waals surface area contributed by atoms with Crippen molar-refractivity contribution in [3.05, 3.63) is 34.9 Å². The van der Waals surface area contributed by atoms with Crippen LogP contribution in [0.15, 0.2) is 12.6 Å². The van der Waals surface area contributed by atoms with Crippen molar-refractivity contribution >= 4 is 11.8 Å². The molecule has 0 bridgehead atoms. The molecular formula is C22H37N. The van der Waals surface area contributed by atoms with Crippen molar-refractivity contribution in [2.75, 3.05) is 5.73 Å². The van der Waals surface area contributed by atoms with Crippen LogP contribution in [0.4, 0.5) is 5.69 Å². The fraction of sp³-hybridized carbons (Fsp3) is 0.636. The molecule has 1 heteroatoms. The lowest BCUT2D eigenvalue weighted by Crippen LogP contribution is -2.02. The van der Waals surface area contributed by atoms with E-state index in [0.717, 1.165) is 17.7 Å². The lowest BCUT2D eigenvalue weighted by atomic mass is 9.93. The van der Waals surface area contributed by atoms with Crippen LogP contribution < -0.4 is 5.73 Å². The molecule has 1 aromatic rings. The van der Waals surface area contributed by atoms with Crippen LogP contribution >= 0.6 is 0 Å². The number of aryl methyl sites for hydroxylation is 1. The molecule has 0 fully saturated rings. The average Bonchev–Trinajstić information content (AvgIpc) is 2.55. The number of rotatable bonds is 12. The van der Waals surface area contributed by atoms with Crippen LogP contribution in [-0.2, 0) is 6.42 Å². The Bertz CT molecular complexity index is 473. The van der Waals surface area contributed by atoms with Gasteiger partial charge < -0.3 is 5.73 Å². The summed E-state index contributed by atoms with van der Waals surface area (Å²) < 4.78 is 0. The van der Waals surface area contributed by atoms with E-state index in [-0.39, 0.29) is 0 Å². The normalized spacial score (nSPS) is 10.9. The van der Waals surface area contributed by atoms with Gasteiger partial charge in [-0.05, 0) is 55.0 Å². The maximum atomic E-state index is 6.31. The molecule has 2 N–H and O–H groups in total. The first-order valence-corrected chi connectivity index (χ1v) is 9.62. The van der Waals surface area contributed by atoms with Crippen molar-refractivity contribution in [1.82, 2.24) is 0 Å². The highest BCUT2D eigenvalue weighted by Gasteiger charge is 2.09. The minimum atomic E-state index is 0.944. The van der Waals surface area contributed by atoms with Crippen LogP contribution in [0.2, 0.25) is 0 Å². The predicted molar refractivity (Wildman–Crippen MR) is 106 cm³/mol. The van der Waals surface area contributed by atoms with Crippen LogP contribution in [0.5, 0.6) is 0 Å². The maximum Gasteiger partial charge on any atom is 0.0422 e. The maximum absolute atomic E-state index is 6.31. The zero-order valence-electron chi connectivity index (χ0n) is 15.7. The largest absolute Gasteiger partial charge is 0.398 e. The van der Waals surface area contributed by atoms with Crippen LogP contribution in [0.1, 0.15) is 93.4 Å². The minimum absolute atomic E-state index is 0.944. The summed E-state index contributed by atoms with van der Waals surface area (Å²) in [6, 6.07) is 2.15. The number of benzene rings is 1. The molecule has 0 spiro atoms. The zero-order chi connectivity index (χ0) is 17.1. The van der Waals surface area contributed by atoms with Crippen molar-refractivity contribution in [3.8, 4) is 0 Å². The second-order valence-electron chi connectivity index (χ2n) is 6.94. The molecule has 0 saturated heterocycles. The summed E-state index contributed by atoms with van der Waals surface area (Å²) in [6.07, 6.45) is 16.8. The van der Waals surface area contributed by atoms with Gasteiger partial charge in [0.15, 0.2) is 0 Å². The van der Waals surface area contributed by atoms with Crippen molar-refractivity contribution in [2.24, 2.45) is 0 Å². The Hall–Kier alpha value is -1.24. The Morgan fingerprint density at radius 2 is 1.43 bits per heavy atom. The summed E-state index contributed by atoms with van der Waals surface area (Å²) in [4.78, 5) is 0. The molecule has 0 heterocycles. The highest BCUT2D eigenvalue weighted by Crippen LogP contribution is 2.27. The van der Waals surface area contributed by atoms with Gasteiger partial charge in [-0.1, -0.05) is 77.4 Å². The Labute approximate surface area is 144 Å². The van der Waals surface area contributed by atoms with Gasteiger partial charge in [0.2, 0.25) is 0 Å². The molecule has 1 nitrogen and oxygen atoms in total. The summed E-state index contributed by atoms with van der Waals surface area (Å²) >= 11 is 0. The van der Waals surface area contributed by atoms with Gasteiger partial charge >= 0.3 is 0 Å². The van der Waals surface area contributed by atoms with Crippen molar-refractivity contribution in [3.63, 3.8) is 0 Å². The summed E-state index contributed by atoms with van der Waals surface area (Å²) in [5.74, 6) is 0. The van der Waals surface area contributed by atoms with Gasteiger partial charge in [-0.15, -0.1) is 0 Å². The van der Waals surface area contributed by atoms with Crippen LogP contribution in [0.25, 0.3) is 6.08 Å². The number of nitrogen functional groups attached to an aromatic ring is 1. The number of hydrogen-bond donors (Lipinski definition) is 1. The van der Waals surface area contributed by atoms with Gasteiger partial charge in [0.05, 0.1) is 0 Å². The summed E-state index contributed by atoms with van der Waals surface area (Å²) in [6.45, 7) is 10.5. The molecule has 0 unspecified atom stereocenters. The fourth-order valence-corrected chi connectivity index (χ4v) is 3.31. The van der Waals surface area contributed by atoms with Crippen molar-refractivity contribution in [1.29, 1.82) is 0 Å². The summed E-state index contributed by atoms with van der Waals surface area (Å²) in [7, 11) is 0. The van der Waals surface area contributed by atoms with E-state index < -0.39 is 0 Å². The molecule has 130 valence electrons. The van der Waals surface area contributed by atoms with Crippen LogP contribution in [0, 0.1) is 13.8 Å². The molecule has 0 aliphatic rings. The van der Waals surface area contributed by atoms with Crippen LogP contribution in [-0.4, -0.2) is 0 Å². The van der Waals surface area contributed by atoms with E-state index in [2.05, 4.69) is 33.4 Å². The fourth-order valence-electron chi connectivity index (χ4n) is 3.31. The predicted octanol–water partition coefficient (Wildman–Crippen LogP) is 6.99. The second-order valence-corrected chi connectivity index (χ2v) is 6.94. The Kier molecular flexibility index (Phi) is 9.75. The molecular weight excluding hydrogens is 278 g/mol. The van der Waals surface area contributed by atoms with Gasteiger partial charge in [-0.2, -0.15) is 0 Å². The molecule has 0 aliphatic heterocycles. The Morgan fingerprint density at radius 3 is 1.96 bits per heavy atom. The lowest BCUT2D eigenvalue weighted by Gasteiger charge is -2.15. The van der Waals surface area contributed by atoms with Gasteiger partial charge in [-0.25, -0.2) is 0 Å². The molecule has 23 heavy (non-hydrogen) atoms. The standard InChI is InChI=1S/C22H37N/c1-5-7-8-9-10-11-12-13-14-15-16-21-19(4)18(3)17-20(6-2)22(21)23/h6,17H,2,5,7-16,23H2,1,3-4H3. The highest BCUT2D eigenvalue weighted by molar-refractivity contribution is 5.69. The second kappa shape index (κ2) is 11.3. The zero-order valence-corrected chi connectivity index (χ0v) is 15.7. The smallest absolute Gasteiger partial charge is 0.0422 e. The Balaban J connectivity index is 2.26. The topological polar surface area (TPSA) is 26.0 Å². The number of anilines is 1. The van der Waals surface area contributed by atoms with Crippen LogP contribution in [0.3, 0.4) is 0 Å². The number of unbranched alkanes of at least 4 members (excludes halogenated alkanes) is 9. The SMILES string of the molecule is C=Cc1cc(C)c(C)c(CCCCCCCCCCCC)c1N. The minimum Gasteiger partial charge on any atom is -0.398 e. The summed E-state index contributed by atoms with van der Waals surface area (Å²) in [5, 5.41) is 0. The molecule has 0 saturated carbocycles. The third-order valence-electron chi connectivity index (χ3n) is 5.05. The first-order valence-electron chi connectivity index (χ1n) is 9.62. The highest BCUT2D eigenvalue weighted by atomic mass is 14.6. The van der Waals surface area contributed by atoms with Crippen molar-refractivity contribution in [2.45, 2.75) is 91.4 Å². The molecule has 1 rings (SSSR count). The van der Waals surface area contributed by atoms with E-state index in [4.69, 9.17) is 5.73 Å². The average molecular weight is 316 g/mol. The van der Waals surface area contributed by atoms with Gasteiger partial charge in [0, 0.05) is 5.69 Å².